The van der Waals surface area contributed by atoms with Gasteiger partial charge < -0.3 is 19.5 Å². The Labute approximate surface area is 224 Å². The van der Waals surface area contributed by atoms with Crippen LogP contribution in [0.3, 0.4) is 0 Å². The van der Waals surface area contributed by atoms with E-state index in [0.717, 1.165) is 60.5 Å². The van der Waals surface area contributed by atoms with Gasteiger partial charge in [-0.1, -0.05) is 37.1 Å². The third-order valence-electron chi connectivity index (χ3n) is 7.69. The van der Waals surface area contributed by atoms with E-state index in [1.807, 2.05) is 36.4 Å². The summed E-state index contributed by atoms with van der Waals surface area (Å²) >= 11 is 0. The van der Waals surface area contributed by atoms with E-state index < -0.39 is 5.97 Å². The molecule has 0 aromatic heterocycles. The fourth-order valence-electron chi connectivity index (χ4n) is 5.46. The number of carboxylic acid groups (broad SMARTS) is 1. The van der Waals surface area contributed by atoms with E-state index in [4.69, 9.17) is 9.47 Å². The van der Waals surface area contributed by atoms with Gasteiger partial charge >= 0.3 is 5.97 Å². The molecule has 1 N–H and O–H groups in total. The van der Waals surface area contributed by atoms with Crippen LogP contribution in [0.15, 0.2) is 60.7 Å². The average molecular weight is 518 g/mol. The SMILES string of the molecule is COc1ccc(F)c(-c2ccc(COc3cccc([C@H](CC(=O)O)CC4CC4)c3)cc2N2CCCCC2)c1. The molecule has 1 aliphatic carbocycles. The smallest absolute Gasteiger partial charge is 0.303 e. The lowest BCUT2D eigenvalue weighted by Crippen LogP contribution is -2.30. The van der Waals surface area contributed by atoms with Crippen LogP contribution in [0.4, 0.5) is 10.1 Å². The van der Waals surface area contributed by atoms with Crippen LogP contribution in [0.5, 0.6) is 11.5 Å². The van der Waals surface area contributed by atoms with Gasteiger partial charge in [0.2, 0.25) is 0 Å². The van der Waals surface area contributed by atoms with E-state index in [1.165, 1.54) is 25.3 Å². The van der Waals surface area contributed by atoms with Crippen molar-refractivity contribution in [2.75, 3.05) is 25.1 Å². The first-order valence-corrected chi connectivity index (χ1v) is 13.7. The van der Waals surface area contributed by atoms with E-state index in [2.05, 4.69) is 11.0 Å². The Morgan fingerprint density at radius 1 is 1.00 bits per heavy atom. The second-order valence-electron chi connectivity index (χ2n) is 10.6. The summed E-state index contributed by atoms with van der Waals surface area (Å²) < 4.78 is 26.5. The predicted octanol–water partition coefficient (Wildman–Crippen LogP) is 7.43. The van der Waals surface area contributed by atoms with Crippen molar-refractivity contribution in [3.63, 3.8) is 0 Å². The molecule has 1 heterocycles. The lowest BCUT2D eigenvalue weighted by molar-refractivity contribution is -0.137. The average Bonchev–Trinajstić information content (AvgIpc) is 3.76. The third-order valence-corrected chi connectivity index (χ3v) is 7.69. The van der Waals surface area contributed by atoms with Crippen molar-refractivity contribution >= 4 is 11.7 Å². The Bertz CT molecular complexity index is 1270. The number of piperidine rings is 1. The van der Waals surface area contributed by atoms with Crippen LogP contribution in [-0.4, -0.2) is 31.3 Å². The molecule has 5 nitrogen and oxygen atoms in total. The lowest BCUT2D eigenvalue weighted by Gasteiger charge is -2.31. The minimum atomic E-state index is -0.764. The molecule has 0 unspecified atom stereocenters. The lowest BCUT2D eigenvalue weighted by atomic mass is 9.90. The zero-order valence-corrected chi connectivity index (χ0v) is 22.0. The van der Waals surface area contributed by atoms with Crippen LogP contribution in [0, 0.1) is 11.7 Å². The van der Waals surface area contributed by atoms with Crippen LogP contribution in [0.25, 0.3) is 11.1 Å². The first-order valence-electron chi connectivity index (χ1n) is 13.7. The summed E-state index contributed by atoms with van der Waals surface area (Å²) in [6.45, 7) is 2.26. The van der Waals surface area contributed by atoms with Gasteiger partial charge in [0.1, 0.15) is 23.9 Å². The number of hydrogen-bond acceptors (Lipinski definition) is 4. The molecule has 0 bridgehead atoms. The molecule has 3 aromatic carbocycles. The van der Waals surface area contributed by atoms with Crippen LogP contribution in [0.2, 0.25) is 0 Å². The van der Waals surface area contributed by atoms with E-state index in [0.29, 0.717) is 23.8 Å². The molecule has 0 spiro atoms. The molecule has 2 aliphatic rings. The second-order valence-corrected chi connectivity index (χ2v) is 10.6. The van der Waals surface area contributed by atoms with Gasteiger partial charge in [0, 0.05) is 29.9 Å². The number of hydrogen-bond donors (Lipinski definition) is 1. The fraction of sp³-hybridized carbons (Fsp3) is 0.406. The van der Waals surface area contributed by atoms with Crippen molar-refractivity contribution in [1.82, 2.24) is 0 Å². The molecule has 1 aliphatic heterocycles. The summed E-state index contributed by atoms with van der Waals surface area (Å²) in [4.78, 5) is 13.8. The molecule has 5 rings (SSSR count). The number of benzene rings is 3. The molecule has 0 amide bonds. The zero-order valence-electron chi connectivity index (χ0n) is 22.0. The summed E-state index contributed by atoms with van der Waals surface area (Å²) in [7, 11) is 1.59. The number of carboxylic acids is 1. The van der Waals surface area contributed by atoms with E-state index >= 15 is 0 Å². The third kappa shape index (κ3) is 6.47. The molecule has 1 atom stereocenters. The largest absolute Gasteiger partial charge is 0.497 e. The van der Waals surface area contributed by atoms with Gasteiger partial charge in [0.25, 0.3) is 0 Å². The number of nitrogens with zero attached hydrogens (tertiary/aromatic N) is 1. The highest BCUT2D eigenvalue weighted by Crippen LogP contribution is 2.41. The Kier molecular flexibility index (Phi) is 8.16. The van der Waals surface area contributed by atoms with Crippen molar-refractivity contribution in [2.24, 2.45) is 5.92 Å². The van der Waals surface area contributed by atoms with Gasteiger partial charge in [0.15, 0.2) is 0 Å². The summed E-state index contributed by atoms with van der Waals surface area (Å²) in [5, 5.41) is 9.42. The van der Waals surface area contributed by atoms with Crippen molar-refractivity contribution in [1.29, 1.82) is 0 Å². The monoisotopic (exact) mass is 517 g/mol. The maximum atomic E-state index is 14.9. The highest BCUT2D eigenvalue weighted by atomic mass is 19.1. The summed E-state index contributed by atoms with van der Waals surface area (Å²) in [5.74, 6) is 0.973. The van der Waals surface area contributed by atoms with Gasteiger partial charge in [-0.05, 0) is 85.0 Å². The van der Waals surface area contributed by atoms with Gasteiger partial charge in [0.05, 0.1) is 13.5 Å². The number of anilines is 1. The first kappa shape index (κ1) is 26.1. The fourth-order valence-corrected chi connectivity index (χ4v) is 5.46. The number of aliphatic carboxylic acids is 1. The van der Waals surface area contributed by atoms with E-state index in [9.17, 15) is 14.3 Å². The van der Waals surface area contributed by atoms with Crippen LogP contribution < -0.4 is 14.4 Å². The Hall–Kier alpha value is -3.54. The van der Waals surface area contributed by atoms with Crippen molar-refractivity contribution < 1.29 is 23.8 Å². The Balaban J connectivity index is 1.38. The highest BCUT2D eigenvalue weighted by Gasteiger charge is 2.28. The predicted molar refractivity (Wildman–Crippen MR) is 148 cm³/mol. The standard InChI is InChI=1S/C32H36FNO4/c1-37-26-11-13-30(33)29(20-26)28-12-10-23(17-31(28)34-14-3-2-4-15-34)21-38-27-7-5-6-24(18-27)25(19-32(35)36)16-22-8-9-22/h5-7,10-13,17-18,20,22,25H,2-4,8-9,14-16,19,21H2,1H3,(H,35,36)/t25-/m0/s1. The summed E-state index contributed by atoms with van der Waals surface area (Å²) in [6, 6.07) is 18.8. The van der Waals surface area contributed by atoms with Crippen LogP contribution in [0.1, 0.15) is 62.0 Å². The molecule has 3 aromatic rings. The highest BCUT2D eigenvalue weighted by molar-refractivity contribution is 5.80. The van der Waals surface area contributed by atoms with Crippen LogP contribution >= 0.6 is 0 Å². The molecule has 38 heavy (non-hydrogen) atoms. The van der Waals surface area contributed by atoms with Crippen molar-refractivity contribution in [3.8, 4) is 22.6 Å². The van der Waals surface area contributed by atoms with Gasteiger partial charge in [-0.2, -0.15) is 0 Å². The summed E-state index contributed by atoms with van der Waals surface area (Å²) in [6.07, 6.45) is 6.89. The molecule has 6 heteroatoms. The Morgan fingerprint density at radius 2 is 1.82 bits per heavy atom. The minimum absolute atomic E-state index is 0.00583. The van der Waals surface area contributed by atoms with Gasteiger partial charge in [-0.3, -0.25) is 4.79 Å². The Morgan fingerprint density at radius 3 is 2.55 bits per heavy atom. The summed E-state index contributed by atoms with van der Waals surface area (Å²) in [5.41, 5.74) is 4.42. The molecule has 1 saturated carbocycles. The van der Waals surface area contributed by atoms with E-state index in [1.54, 1.807) is 19.2 Å². The van der Waals surface area contributed by atoms with Gasteiger partial charge in [-0.25, -0.2) is 4.39 Å². The quantitative estimate of drug-likeness (QED) is 0.287. The molecular formula is C32H36FNO4. The molecule has 0 radical (unpaired) electrons. The van der Waals surface area contributed by atoms with Crippen LogP contribution in [-0.2, 0) is 11.4 Å². The van der Waals surface area contributed by atoms with E-state index in [-0.39, 0.29) is 18.2 Å². The van der Waals surface area contributed by atoms with Crippen molar-refractivity contribution in [2.45, 2.75) is 57.5 Å². The number of ether oxygens (including phenoxy) is 2. The molecular weight excluding hydrogens is 481 g/mol. The topological polar surface area (TPSA) is 59.0 Å². The second kappa shape index (κ2) is 11.9. The normalized spacial score (nSPS) is 16.2. The maximum absolute atomic E-state index is 14.9. The maximum Gasteiger partial charge on any atom is 0.303 e. The number of halogens is 1. The minimum Gasteiger partial charge on any atom is -0.497 e. The zero-order chi connectivity index (χ0) is 26.5. The van der Waals surface area contributed by atoms with Crippen molar-refractivity contribution in [3.05, 3.63) is 77.6 Å². The molecule has 1 saturated heterocycles. The molecule has 200 valence electrons. The molecule has 2 fully saturated rings. The number of rotatable bonds is 11. The number of methoxy groups -OCH3 is 1. The first-order chi connectivity index (χ1) is 18.5. The van der Waals surface area contributed by atoms with Gasteiger partial charge in [-0.15, -0.1) is 0 Å². The number of carbonyl (C=O) groups is 1.